The smallest absolute Gasteiger partial charge is 0.191 e. The van der Waals surface area contributed by atoms with Crippen molar-refractivity contribution in [2.45, 2.75) is 38.8 Å². The zero-order valence-electron chi connectivity index (χ0n) is 13.2. The highest BCUT2D eigenvalue weighted by atomic mass is 19.1. The molecule has 0 bridgehead atoms. The Morgan fingerprint density at radius 2 is 2.27 bits per heavy atom. The average molecular weight is 309 g/mol. The minimum atomic E-state index is -0.627. The van der Waals surface area contributed by atoms with Crippen LogP contribution in [-0.2, 0) is 11.3 Å². The monoisotopic (exact) mass is 309 g/mol. The number of halogens is 1. The second-order valence-electron chi connectivity index (χ2n) is 5.74. The van der Waals surface area contributed by atoms with Crippen molar-refractivity contribution in [3.8, 4) is 5.75 Å². The van der Waals surface area contributed by atoms with E-state index < -0.39 is 5.82 Å². The normalized spacial score (nSPS) is 21.9. The van der Waals surface area contributed by atoms with Crippen LogP contribution in [0.2, 0.25) is 0 Å². The van der Waals surface area contributed by atoms with Crippen molar-refractivity contribution >= 4 is 5.96 Å². The van der Waals surface area contributed by atoms with Crippen LogP contribution in [0.4, 0.5) is 4.39 Å². The van der Waals surface area contributed by atoms with Crippen LogP contribution in [-0.4, -0.2) is 36.4 Å². The van der Waals surface area contributed by atoms with E-state index in [1.54, 1.807) is 6.07 Å². The number of phenolic OH excluding ortho intramolecular Hbond substituents is 1. The van der Waals surface area contributed by atoms with E-state index in [1.807, 2.05) is 6.92 Å². The first-order chi connectivity index (χ1) is 10.5. The molecule has 1 aromatic rings. The minimum absolute atomic E-state index is 0.152. The highest BCUT2D eigenvalue weighted by Gasteiger charge is 2.29. The van der Waals surface area contributed by atoms with Gasteiger partial charge in [-0.2, -0.15) is 0 Å². The van der Waals surface area contributed by atoms with Crippen LogP contribution in [0.1, 0.15) is 32.3 Å². The maximum atomic E-state index is 13.3. The summed E-state index contributed by atoms with van der Waals surface area (Å²) in [4.78, 5) is 4.44. The molecule has 3 N–H and O–H groups in total. The zero-order valence-corrected chi connectivity index (χ0v) is 13.2. The van der Waals surface area contributed by atoms with Crippen molar-refractivity contribution in [1.82, 2.24) is 10.6 Å². The summed E-state index contributed by atoms with van der Waals surface area (Å²) < 4.78 is 19.0. The number of benzene rings is 1. The molecule has 0 radical (unpaired) electrons. The van der Waals surface area contributed by atoms with Gasteiger partial charge in [0.25, 0.3) is 0 Å². The van der Waals surface area contributed by atoms with Crippen molar-refractivity contribution in [1.29, 1.82) is 0 Å². The summed E-state index contributed by atoms with van der Waals surface area (Å²) in [5, 5.41) is 15.6. The lowest BCUT2D eigenvalue weighted by atomic mass is 10.0. The van der Waals surface area contributed by atoms with Crippen LogP contribution in [0.5, 0.6) is 5.75 Å². The fourth-order valence-electron chi connectivity index (χ4n) is 2.41. The third kappa shape index (κ3) is 4.59. The van der Waals surface area contributed by atoms with Crippen molar-refractivity contribution < 1.29 is 14.2 Å². The number of ether oxygens (including phenoxy) is 1. The number of hydrogen-bond acceptors (Lipinski definition) is 3. The molecule has 122 valence electrons. The maximum Gasteiger partial charge on any atom is 0.191 e. The molecule has 1 saturated heterocycles. The Kier molecular flexibility index (Phi) is 5.60. The Morgan fingerprint density at radius 3 is 2.91 bits per heavy atom. The number of guanidine groups is 1. The van der Waals surface area contributed by atoms with Crippen LogP contribution in [0.25, 0.3) is 0 Å². The van der Waals surface area contributed by atoms with Crippen LogP contribution in [0.3, 0.4) is 0 Å². The van der Waals surface area contributed by atoms with Gasteiger partial charge < -0.3 is 20.5 Å². The van der Waals surface area contributed by atoms with Gasteiger partial charge in [0.05, 0.1) is 12.1 Å². The summed E-state index contributed by atoms with van der Waals surface area (Å²) >= 11 is 0. The molecule has 1 aromatic carbocycles. The Labute approximate surface area is 130 Å². The summed E-state index contributed by atoms with van der Waals surface area (Å²) in [7, 11) is 0. The predicted molar refractivity (Wildman–Crippen MR) is 84.5 cm³/mol. The van der Waals surface area contributed by atoms with Crippen LogP contribution >= 0.6 is 0 Å². The second-order valence-corrected chi connectivity index (χ2v) is 5.74. The van der Waals surface area contributed by atoms with Gasteiger partial charge in [0.2, 0.25) is 0 Å². The number of aromatic hydroxyl groups is 1. The van der Waals surface area contributed by atoms with Crippen molar-refractivity contribution in [2.24, 2.45) is 4.99 Å². The highest BCUT2D eigenvalue weighted by molar-refractivity contribution is 5.79. The first kappa shape index (κ1) is 16.5. The van der Waals surface area contributed by atoms with E-state index in [4.69, 9.17) is 4.74 Å². The van der Waals surface area contributed by atoms with Gasteiger partial charge in [-0.3, -0.25) is 0 Å². The molecule has 0 amide bonds. The molecule has 0 aliphatic carbocycles. The van der Waals surface area contributed by atoms with Gasteiger partial charge in [-0.1, -0.05) is 6.07 Å². The number of rotatable bonds is 5. The van der Waals surface area contributed by atoms with E-state index >= 15 is 0 Å². The molecule has 5 nitrogen and oxygen atoms in total. The van der Waals surface area contributed by atoms with Gasteiger partial charge in [-0.25, -0.2) is 9.38 Å². The summed E-state index contributed by atoms with van der Waals surface area (Å²) in [6.07, 6.45) is 2.11. The Bertz CT molecular complexity index is 528. The summed E-state index contributed by atoms with van der Waals surface area (Å²) in [6.45, 7) is 6.65. The summed E-state index contributed by atoms with van der Waals surface area (Å²) in [5.74, 6) is -0.297. The molecule has 0 aromatic heterocycles. The molecular formula is C16H24FN3O2. The molecule has 1 heterocycles. The SMILES string of the molecule is CCNC(=NCc1ccc(O)c(F)c1)NCC1(C)CCCO1. The largest absolute Gasteiger partial charge is 0.505 e. The van der Waals surface area contributed by atoms with Gasteiger partial charge in [0.1, 0.15) is 0 Å². The van der Waals surface area contributed by atoms with E-state index in [2.05, 4.69) is 22.5 Å². The number of aliphatic imine (C=N–C) groups is 1. The summed E-state index contributed by atoms with van der Waals surface area (Å²) in [6, 6.07) is 4.30. The lowest BCUT2D eigenvalue weighted by molar-refractivity contribution is 0.0243. The van der Waals surface area contributed by atoms with Crippen molar-refractivity contribution in [3.63, 3.8) is 0 Å². The highest BCUT2D eigenvalue weighted by Crippen LogP contribution is 2.23. The van der Waals surface area contributed by atoms with Crippen molar-refractivity contribution in [3.05, 3.63) is 29.6 Å². The molecule has 6 heteroatoms. The third-order valence-electron chi connectivity index (χ3n) is 3.71. The first-order valence-corrected chi connectivity index (χ1v) is 7.66. The fraction of sp³-hybridized carbons (Fsp3) is 0.562. The standard InChI is InChI=1S/C16H24FN3O2/c1-3-18-15(20-11-16(2)7-4-8-22-16)19-10-12-5-6-14(21)13(17)9-12/h5-6,9,21H,3-4,7-8,10-11H2,1-2H3,(H2,18,19,20). The van der Waals surface area contributed by atoms with Crippen LogP contribution in [0, 0.1) is 5.82 Å². The fourth-order valence-corrected chi connectivity index (χ4v) is 2.41. The van der Waals surface area contributed by atoms with Gasteiger partial charge >= 0.3 is 0 Å². The topological polar surface area (TPSA) is 65.9 Å². The number of nitrogens with one attached hydrogen (secondary N) is 2. The van der Waals surface area contributed by atoms with E-state index in [9.17, 15) is 9.50 Å². The van der Waals surface area contributed by atoms with Gasteiger partial charge in [0, 0.05) is 19.7 Å². The van der Waals surface area contributed by atoms with Crippen LogP contribution < -0.4 is 10.6 Å². The second kappa shape index (κ2) is 7.45. The third-order valence-corrected chi connectivity index (χ3v) is 3.71. The van der Waals surface area contributed by atoms with Crippen LogP contribution in [0.15, 0.2) is 23.2 Å². The molecule has 0 saturated carbocycles. The Morgan fingerprint density at radius 1 is 1.45 bits per heavy atom. The average Bonchev–Trinajstić information content (AvgIpc) is 2.93. The van der Waals surface area contributed by atoms with E-state index in [0.29, 0.717) is 24.6 Å². The molecule has 0 spiro atoms. The van der Waals surface area contributed by atoms with Crippen molar-refractivity contribution in [2.75, 3.05) is 19.7 Å². The molecule has 2 rings (SSSR count). The van der Waals surface area contributed by atoms with E-state index in [1.165, 1.54) is 12.1 Å². The molecule has 1 unspecified atom stereocenters. The molecule has 1 fully saturated rings. The van der Waals surface area contributed by atoms with Gasteiger partial charge in [-0.15, -0.1) is 0 Å². The number of hydrogen-bond donors (Lipinski definition) is 3. The summed E-state index contributed by atoms with van der Waals surface area (Å²) in [5.41, 5.74) is 0.553. The predicted octanol–water partition coefficient (Wildman–Crippen LogP) is 2.16. The first-order valence-electron chi connectivity index (χ1n) is 7.66. The molecular weight excluding hydrogens is 285 g/mol. The zero-order chi connectivity index (χ0) is 16.0. The minimum Gasteiger partial charge on any atom is -0.505 e. The number of nitrogens with zero attached hydrogens (tertiary/aromatic N) is 1. The molecule has 1 aliphatic heterocycles. The molecule has 22 heavy (non-hydrogen) atoms. The maximum absolute atomic E-state index is 13.3. The molecule has 1 atom stereocenters. The Balaban J connectivity index is 1.95. The van der Waals surface area contributed by atoms with E-state index in [-0.39, 0.29) is 11.4 Å². The lowest BCUT2D eigenvalue weighted by Gasteiger charge is -2.24. The number of phenols is 1. The van der Waals surface area contributed by atoms with Gasteiger partial charge in [-0.05, 0) is 44.4 Å². The van der Waals surface area contributed by atoms with E-state index in [0.717, 1.165) is 26.0 Å². The van der Waals surface area contributed by atoms with Gasteiger partial charge in [0.15, 0.2) is 17.5 Å². The lowest BCUT2D eigenvalue weighted by Crippen LogP contribution is -2.45. The Hall–Kier alpha value is -1.82. The molecule has 1 aliphatic rings. The quantitative estimate of drug-likeness (QED) is 0.576.